The molecule has 1 aliphatic heterocycles. The molecule has 98 valence electrons. The van der Waals surface area contributed by atoms with Gasteiger partial charge < -0.3 is 0 Å². The van der Waals surface area contributed by atoms with Gasteiger partial charge in [0.2, 0.25) is 0 Å². The number of benzene rings is 1. The first-order chi connectivity index (χ1) is 8.58. The molecule has 1 N–H and O–H groups in total. The molecule has 0 amide bonds. The summed E-state index contributed by atoms with van der Waals surface area (Å²) in [5.41, 5.74) is 0.644. The molecule has 0 spiro atoms. The van der Waals surface area contributed by atoms with E-state index < -0.39 is 10.0 Å². The number of aliphatic imine (C=N–C) groups is 1. The normalized spacial score (nSPS) is 20.4. The van der Waals surface area contributed by atoms with Gasteiger partial charge in [-0.3, -0.25) is 9.71 Å². The highest BCUT2D eigenvalue weighted by atomic mass is 35.5. The Labute approximate surface area is 112 Å². The minimum atomic E-state index is -3.44. The van der Waals surface area contributed by atoms with E-state index >= 15 is 0 Å². The van der Waals surface area contributed by atoms with Gasteiger partial charge in [-0.15, -0.1) is 11.6 Å². The van der Waals surface area contributed by atoms with Crippen LogP contribution in [0.1, 0.15) is 25.3 Å². The fourth-order valence-corrected chi connectivity index (χ4v) is 3.39. The Morgan fingerprint density at radius 1 is 1.39 bits per heavy atom. The Morgan fingerprint density at radius 2 is 2.11 bits per heavy atom. The van der Waals surface area contributed by atoms with E-state index in [1.54, 1.807) is 24.3 Å². The molecule has 0 aliphatic carbocycles. The minimum Gasteiger partial charge on any atom is -0.264 e. The van der Waals surface area contributed by atoms with Crippen molar-refractivity contribution in [2.75, 3.05) is 5.88 Å². The first-order valence-corrected chi connectivity index (χ1v) is 7.86. The van der Waals surface area contributed by atoms with Gasteiger partial charge in [-0.05, 0) is 25.0 Å². The number of rotatable bonds is 4. The van der Waals surface area contributed by atoms with Crippen LogP contribution in [0.2, 0.25) is 0 Å². The van der Waals surface area contributed by atoms with E-state index in [1.807, 2.05) is 6.92 Å². The first-order valence-electron chi connectivity index (χ1n) is 5.84. The second-order valence-corrected chi connectivity index (χ2v) is 6.15. The zero-order chi connectivity index (χ0) is 13.2. The lowest BCUT2D eigenvalue weighted by Crippen LogP contribution is -2.24. The van der Waals surface area contributed by atoms with E-state index in [0.29, 0.717) is 22.2 Å². The van der Waals surface area contributed by atoms with E-state index in [1.165, 1.54) is 0 Å². The molecule has 1 aromatic carbocycles. The molecule has 1 heterocycles. The van der Waals surface area contributed by atoms with E-state index in [9.17, 15) is 8.42 Å². The van der Waals surface area contributed by atoms with Crippen LogP contribution in [0.5, 0.6) is 0 Å². The summed E-state index contributed by atoms with van der Waals surface area (Å²) in [7, 11) is -3.44. The Balaban J connectivity index is 2.41. The average molecular weight is 287 g/mol. The predicted octanol–water partition coefficient (Wildman–Crippen LogP) is 2.13. The van der Waals surface area contributed by atoms with Crippen molar-refractivity contribution < 1.29 is 8.42 Å². The summed E-state index contributed by atoms with van der Waals surface area (Å²) in [6, 6.07) is 6.91. The number of nitrogens with one attached hydrogen (secondary N) is 1. The average Bonchev–Trinajstić information content (AvgIpc) is 2.61. The summed E-state index contributed by atoms with van der Waals surface area (Å²) >= 11 is 5.71. The number of fused-ring (bicyclic) bond motifs is 1. The Kier molecular flexibility index (Phi) is 3.92. The molecular formula is C12H15ClN2O2S. The van der Waals surface area contributed by atoms with Crippen LogP contribution in [-0.4, -0.2) is 26.2 Å². The molecule has 1 aliphatic rings. The van der Waals surface area contributed by atoms with Gasteiger partial charge in [0.15, 0.2) is 0 Å². The van der Waals surface area contributed by atoms with Crippen LogP contribution in [0.4, 0.5) is 0 Å². The molecule has 1 aromatic rings. The molecule has 0 radical (unpaired) electrons. The summed E-state index contributed by atoms with van der Waals surface area (Å²) in [5.74, 6) is 0.950. The maximum atomic E-state index is 11.9. The number of halogens is 1. The fraction of sp³-hybridized carbons (Fsp3) is 0.417. The quantitative estimate of drug-likeness (QED) is 0.862. The molecule has 0 saturated heterocycles. The van der Waals surface area contributed by atoms with Crippen molar-refractivity contribution >= 4 is 27.5 Å². The molecule has 6 heteroatoms. The van der Waals surface area contributed by atoms with Gasteiger partial charge in [0.25, 0.3) is 10.0 Å². The third-order valence-electron chi connectivity index (χ3n) is 2.89. The molecule has 4 nitrogen and oxygen atoms in total. The smallest absolute Gasteiger partial charge is 0.263 e. The maximum absolute atomic E-state index is 11.9. The van der Waals surface area contributed by atoms with Crippen molar-refractivity contribution in [3.8, 4) is 0 Å². The van der Waals surface area contributed by atoms with E-state index in [-0.39, 0.29) is 6.04 Å². The lowest BCUT2D eigenvalue weighted by molar-refractivity contribution is 0.594. The summed E-state index contributed by atoms with van der Waals surface area (Å²) in [4.78, 5) is 4.76. The van der Waals surface area contributed by atoms with Gasteiger partial charge >= 0.3 is 0 Å². The molecule has 2 rings (SSSR count). The van der Waals surface area contributed by atoms with E-state index in [4.69, 9.17) is 11.6 Å². The van der Waals surface area contributed by atoms with Crippen molar-refractivity contribution in [3.63, 3.8) is 0 Å². The van der Waals surface area contributed by atoms with Crippen LogP contribution in [0, 0.1) is 0 Å². The number of hydrogen-bond donors (Lipinski definition) is 1. The fourth-order valence-electron chi connectivity index (χ4n) is 1.90. The Hall–Kier alpha value is -1.07. The van der Waals surface area contributed by atoms with Crippen LogP contribution < -0.4 is 4.72 Å². The van der Waals surface area contributed by atoms with Crippen LogP contribution >= 0.6 is 11.6 Å². The zero-order valence-corrected chi connectivity index (χ0v) is 11.6. The second-order valence-electron chi connectivity index (χ2n) is 4.12. The summed E-state index contributed by atoms with van der Waals surface area (Å²) in [5, 5.41) is 0. The van der Waals surface area contributed by atoms with Crippen LogP contribution in [-0.2, 0) is 10.0 Å². The number of alkyl halides is 1. The summed E-state index contributed by atoms with van der Waals surface area (Å²) in [6.45, 7) is 2.01. The van der Waals surface area contributed by atoms with Gasteiger partial charge in [-0.2, -0.15) is 0 Å². The molecule has 1 atom stereocenters. The molecule has 0 bridgehead atoms. The lowest BCUT2D eigenvalue weighted by atomic mass is 10.1. The highest BCUT2D eigenvalue weighted by Crippen LogP contribution is 2.23. The van der Waals surface area contributed by atoms with Crippen LogP contribution in [0.15, 0.2) is 34.2 Å². The zero-order valence-electron chi connectivity index (χ0n) is 10.1. The van der Waals surface area contributed by atoms with E-state index in [2.05, 4.69) is 9.71 Å². The molecule has 1 unspecified atom stereocenters. The number of hydrogen-bond acceptors (Lipinski definition) is 3. The van der Waals surface area contributed by atoms with Crippen molar-refractivity contribution in [1.82, 2.24) is 4.72 Å². The number of nitrogens with zero attached hydrogens (tertiary/aromatic N) is 1. The van der Waals surface area contributed by atoms with Gasteiger partial charge in [0.05, 0.1) is 10.9 Å². The Morgan fingerprint density at radius 3 is 2.78 bits per heavy atom. The molecule has 18 heavy (non-hydrogen) atoms. The van der Waals surface area contributed by atoms with Crippen molar-refractivity contribution in [2.45, 2.75) is 30.7 Å². The largest absolute Gasteiger partial charge is 0.264 e. The monoisotopic (exact) mass is 286 g/mol. The van der Waals surface area contributed by atoms with Gasteiger partial charge in [0, 0.05) is 11.4 Å². The van der Waals surface area contributed by atoms with Gasteiger partial charge in [0.1, 0.15) is 5.84 Å². The molecular weight excluding hydrogens is 272 g/mol. The van der Waals surface area contributed by atoms with Crippen molar-refractivity contribution in [2.24, 2.45) is 4.99 Å². The van der Waals surface area contributed by atoms with E-state index in [0.717, 1.165) is 12.8 Å². The third-order valence-corrected chi connectivity index (χ3v) is 4.50. The van der Waals surface area contributed by atoms with Gasteiger partial charge in [-0.1, -0.05) is 19.1 Å². The van der Waals surface area contributed by atoms with Gasteiger partial charge in [-0.25, -0.2) is 8.42 Å². The topological polar surface area (TPSA) is 58.5 Å². The first kappa shape index (κ1) is 13.4. The SMILES string of the molecule is CCC(CCCl)N=C1NS(=O)(=O)c2ccccc21. The highest BCUT2D eigenvalue weighted by molar-refractivity contribution is 7.90. The summed E-state index contributed by atoms with van der Waals surface area (Å²) in [6.07, 6.45) is 1.57. The number of sulfonamides is 1. The standard InChI is InChI=1S/C12H15ClN2O2S/c1-2-9(7-8-13)14-12-10-5-3-4-6-11(10)18(16,17)15-12/h3-6,9H,2,7-8H2,1H3,(H,14,15). The third kappa shape index (κ3) is 2.52. The minimum absolute atomic E-state index is 0.0476. The summed E-state index contributed by atoms with van der Waals surface area (Å²) < 4.78 is 26.2. The van der Waals surface area contributed by atoms with Crippen molar-refractivity contribution in [1.29, 1.82) is 0 Å². The van der Waals surface area contributed by atoms with Crippen molar-refractivity contribution in [3.05, 3.63) is 29.8 Å². The second kappa shape index (κ2) is 5.28. The maximum Gasteiger partial charge on any atom is 0.263 e. The predicted molar refractivity (Wildman–Crippen MR) is 72.7 cm³/mol. The number of amidine groups is 1. The molecule has 0 fully saturated rings. The highest BCUT2D eigenvalue weighted by Gasteiger charge is 2.30. The lowest BCUT2D eigenvalue weighted by Gasteiger charge is -2.09. The molecule has 0 aromatic heterocycles. The van der Waals surface area contributed by atoms with Crippen LogP contribution in [0.3, 0.4) is 0 Å². The Bertz CT molecular complexity index is 569. The van der Waals surface area contributed by atoms with Crippen LogP contribution in [0.25, 0.3) is 0 Å². The molecule has 0 saturated carbocycles.